The fourth-order valence-corrected chi connectivity index (χ4v) is 1.17. The molecule has 18 heavy (non-hydrogen) atoms. The molecule has 0 unspecified atom stereocenters. The zero-order chi connectivity index (χ0) is 13.5. The van der Waals surface area contributed by atoms with E-state index in [4.69, 9.17) is 4.42 Å². The van der Waals surface area contributed by atoms with E-state index in [2.05, 4.69) is 20.4 Å². The van der Waals surface area contributed by atoms with Crippen LogP contribution in [0.5, 0.6) is 0 Å². The number of carbonyl (C=O) groups excluding carboxylic acids is 2. The molecule has 0 aromatic carbocycles. The standard InChI is InChI=1S/C10H15N3O5/c1-6-8(18-10(16)17-6)5-13-9(15)12-4-3-11-7(2)14/h3-5H2,1-2H3,(H,11,14)(H2,12,13,15). The number of aryl methyl sites for hydroxylation is 1. The van der Waals surface area contributed by atoms with Gasteiger partial charge in [0.2, 0.25) is 5.91 Å². The zero-order valence-electron chi connectivity index (χ0n) is 10.2. The third-order valence-electron chi connectivity index (χ3n) is 2.03. The fourth-order valence-electron chi connectivity index (χ4n) is 1.17. The molecule has 0 saturated heterocycles. The highest BCUT2D eigenvalue weighted by Gasteiger charge is 2.09. The van der Waals surface area contributed by atoms with Crippen molar-refractivity contribution in [2.45, 2.75) is 20.4 Å². The predicted molar refractivity (Wildman–Crippen MR) is 60.9 cm³/mol. The van der Waals surface area contributed by atoms with E-state index >= 15 is 0 Å². The molecular formula is C10H15N3O5. The zero-order valence-corrected chi connectivity index (χ0v) is 10.2. The van der Waals surface area contributed by atoms with Crippen LogP contribution >= 0.6 is 0 Å². The van der Waals surface area contributed by atoms with E-state index in [1.54, 1.807) is 6.92 Å². The third-order valence-corrected chi connectivity index (χ3v) is 2.03. The molecule has 0 spiro atoms. The molecule has 8 nitrogen and oxygen atoms in total. The predicted octanol–water partition coefficient (Wildman–Crippen LogP) is -0.523. The molecule has 1 rings (SSSR count). The summed E-state index contributed by atoms with van der Waals surface area (Å²) in [6.45, 7) is 3.67. The molecule has 0 aliphatic heterocycles. The molecular weight excluding hydrogens is 242 g/mol. The summed E-state index contributed by atoms with van der Waals surface area (Å²) in [6, 6.07) is -0.427. The quantitative estimate of drug-likeness (QED) is 0.614. The number of rotatable bonds is 5. The molecule has 3 amide bonds. The second-order valence-electron chi connectivity index (χ2n) is 3.53. The SMILES string of the molecule is CC(=O)NCCNC(=O)NCc1oc(=O)oc1C. The summed E-state index contributed by atoms with van der Waals surface area (Å²) in [7, 11) is 0. The molecule has 1 aromatic rings. The third kappa shape index (κ3) is 4.73. The topological polar surface area (TPSA) is 114 Å². The van der Waals surface area contributed by atoms with Crippen LogP contribution in [0.4, 0.5) is 4.79 Å². The first-order chi connectivity index (χ1) is 8.49. The smallest absolute Gasteiger partial charge is 0.396 e. The van der Waals surface area contributed by atoms with Gasteiger partial charge in [-0.1, -0.05) is 0 Å². The second kappa shape index (κ2) is 6.48. The summed E-state index contributed by atoms with van der Waals surface area (Å²) in [5.74, 6) is -0.348. The minimum absolute atomic E-state index is 0.0591. The minimum atomic E-state index is -0.796. The molecule has 1 aromatic heterocycles. The maximum absolute atomic E-state index is 11.3. The van der Waals surface area contributed by atoms with Crippen LogP contribution in [0.25, 0.3) is 0 Å². The van der Waals surface area contributed by atoms with Crippen LogP contribution in [0.3, 0.4) is 0 Å². The van der Waals surface area contributed by atoms with Gasteiger partial charge < -0.3 is 24.8 Å². The Bertz CT molecular complexity index is 476. The van der Waals surface area contributed by atoms with Gasteiger partial charge in [0.05, 0.1) is 6.54 Å². The Balaban J connectivity index is 2.23. The first-order valence-corrected chi connectivity index (χ1v) is 5.34. The van der Waals surface area contributed by atoms with E-state index in [1.165, 1.54) is 6.92 Å². The van der Waals surface area contributed by atoms with Crippen LogP contribution in [-0.2, 0) is 11.3 Å². The normalized spacial score (nSPS) is 9.89. The maximum atomic E-state index is 11.3. The van der Waals surface area contributed by atoms with Gasteiger partial charge in [0, 0.05) is 20.0 Å². The molecule has 0 atom stereocenters. The Labute approximate surface area is 103 Å². The minimum Gasteiger partial charge on any atom is -0.396 e. The Morgan fingerprint density at radius 1 is 1.11 bits per heavy atom. The van der Waals surface area contributed by atoms with Crippen molar-refractivity contribution in [3.63, 3.8) is 0 Å². The first-order valence-electron chi connectivity index (χ1n) is 5.34. The van der Waals surface area contributed by atoms with Crippen molar-refractivity contribution in [3.8, 4) is 0 Å². The highest BCUT2D eigenvalue weighted by atomic mass is 16.6. The molecule has 0 bridgehead atoms. The highest BCUT2D eigenvalue weighted by Crippen LogP contribution is 2.03. The number of nitrogens with one attached hydrogen (secondary N) is 3. The van der Waals surface area contributed by atoms with E-state index < -0.39 is 11.9 Å². The molecule has 0 radical (unpaired) electrons. The van der Waals surface area contributed by atoms with Gasteiger partial charge in [-0.05, 0) is 6.92 Å². The average molecular weight is 257 g/mol. The van der Waals surface area contributed by atoms with Gasteiger partial charge in [0.15, 0.2) is 5.76 Å². The van der Waals surface area contributed by atoms with Gasteiger partial charge in [-0.15, -0.1) is 0 Å². The van der Waals surface area contributed by atoms with Crippen LogP contribution < -0.4 is 21.8 Å². The van der Waals surface area contributed by atoms with Crippen molar-refractivity contribution in [3.05, 3.63) is 22.1 Å². The highest BCUT2D eigenvalue weighted by molar-refractivity contribution is 5.74. The number of hydrogen-bond acceptors (Lipinski definition) is 5. The van der Waals surface area contributed by atoms with Gasteiger partial charge >= 0.3 is 11.9 Å². The van der Waals surface area contributed by atoms with Gasteiger partial charge in [0.25, 0.3) is 0 Å². The molecule has 8 heteroatoms. The van der Waals surface area contributed by atoms with Gasteiger partial charge in [-0.2, -0.15) is 0 Å². The number of hydrogen-bond donors (Lipinski definition) is 3. The fraction of sp³-hybridized carbons (Fsp3) is 0.500. The van der Waals surface area contributed by atoms with Gasteiger partial charge in [-0.3, -0.25) is 4.79 Å². The van der Waals surface area contributed by atoms with E-state index in [9.17, 15) is 14.4 Å². The molecule has 0 aliphatic rings. The summed E-state index contributed by atoms with van der Waals surface area (Å²) in [4.78, 5) is 32.6. The summed E-state index contributed by atoms with van der Waals surface area (Å²) >= 11 is 0. The van der Waals surface area contributed by atoms with Crippen molar-refractivity contribution in [2.24, 2.45) is 0 Å². The summed E-state index contributed by atoms with van der Waals surface area (Å²) in [5, 5.41) is 7.54. The molecule has 0 saturated carbocycles. The Hall–Kier alpha value is -2.25. The van der Waals surface area contributed by atoms with Crippen LogP contribution in [0.15, 0.2) is 13.6 Å². The van der Waals surface area contributed by atoms with E-state index in [-0.39, 0.29) is 18.2 Å². The maximum Gasteiger partial charge on any atom is 0.519 e. The summed E-state index contributed by atoms with van der Waals surface area (Å²) in [5.41, 5.74) is 0. The average Bonchev–Trinajstić information content (AvgIpc) is 2.60. The van der Waals surface area contributed by atoms with Crippen molar-refractivity contribution in [1.82, 2.24) is 16.0 Å². The van der Waals surface area contributed by atoms with Crippen LogP contribution in [-0.4, -0.2) is 25.0 Å². The van der Waals surface area contributed by atoms with Crippen molar-refractivity contribution in [1.29, 1.82) is 0 Å². The van der Waals surface area contributed by atoms with Crippen LogP contribution in [0.1, 0.15) is 18.4 Å². The van der Waals surface area contributed by atoms with Crippen LogP contribution in [0, 0.1) is 6.92 Å². The molecule has 0 aliphatic carbocycles. The lowest BCUT2D eigenvalue weighted by Crippen LogP contribution is -2.39. The van der Waals surface area contributed by atoms with Crippen molar-refractivity contribution >= 4 is 11.9 Å². The number of amides is 3. The van der Waals surface area contributed by atoms with E-state index in [0.29, 0.717) is 18.8 Å². The Morgan fingerprint density at radius 2 is 1.78 bits per heavy atom. The lowest BCUT2D eigenvalue weighted by Gasteiger charge is -2.06. The van der Waals surface area contributed by atoms with Gasteiger partial charge in [0.1, 0.15) is 5.76 Å². The first kappa shape index (κ1) is 13.8. The second-order valence-corrected chi connectivity index (χ2v) is 3.53. The lowest BCUT2D eigenvalue weighted by atomic mass is 10.4. The summed E-state index contributed by atoms with van der Waals surface area (Å²) in [6.07, 6.45) is 0. The van der Waals surface area contributed by atoms with E-state index in [0.717, 1.165) is 0 Å². The molecule has 0 fully saturated rings. The van der Waals surface area contributed by atoms with E-state index in [1.807, 2.05) is 0 Å². The van der Waals surface area contributed by atoms with Gasteiger partial charge in [-0.25, -0.2) is 9.59 Å². The van der Waals surface area contributed by atoms with Crippen molar-refractivity contribution in [2.75, 3.05) is 13.1 Å². The molecule has 100 valence electrons. The lowest BCUT2D eigenvalue weighted by molar-refractivity contribution is -0.118. The Morgan fingerprint density at radius 3 is 2.33 bits per heavy atom. The molecule has 3 N–H and O–H groups in total. The molecule has 1 heterocycles. The Kier molecular flexibility index (Phi) is 4.97. The number of urea groups is 1. The monoisotopic (exact) mass is 257 g/mol. The van der Waals surface area contributed by atoms with Crippen LogP contribution in [0.2, 0.25) is 0 Å². The summed E-state index contributed by atoms with van der Waals surface area (Å²) < 4.78 is 9.33. The number of carbonyl (C=O) groups is 2. The van der Waals surface area contributed by atoms with Crippen molar-refractivity contribution < 1.29 is 18.4 Å². The largest absolute Gasteiger partial charge is 0.519 e.